The van der Waals surface area contributed by atoms with Crippen molar-refractivity contribution in [3.05, 3.63) is 0 Å². The lowest BCUT2D eigenvalue weighted by Crippen LogP contribution is -2.77. The molecule has 2 aliphatic rings. The van der Waals surface area contributed by atoms with Crippen LogP contribution in [0.1, 0.15) is 6.42 Å². The highest BCUT2D eigenvalue weighted by Gasteiger charge is 2.57. The van der Waals surface area contributed by atoms with Crippen molar-refractivity contribution in [1.82, 2.24) is 4.90 Å². The Bertz CT molecular complexity index is 208. The van der Waals surface area contributed by atoms with Gasteiger partial charge in [-0.2, -0.15) is 0 Å². The minimum atomic E-state index is -1.14. The highest BCUT2D eigenvalue weighted by Crippen LogP contribution is 2.39. The van der Waals surface area contributed by atoms with Crippen molar-refractivity contribution in [3.8, 4) is 0 Å². The van der Waals surface area contributed by atoms with Crippen LogP contribution in [0.25, 0.3) is 0 Å². The summed E-state index contributed by atoms with van der Waals surface area (Å²) in [7, 11) is 0. The van der Waals surface area contributed by atoms with Crippen molar-refractivity contribution in [1.29, 1.82) is 0 Å². The van der Waals surface area contributed by atoms with Gasteiger partial charge in [-0.1, -0.05) is 0 Å². The fourth-order valence-electron chi connectivity index (χ4n) is 2.30. The average molecular weight is 189 g/mol. The zero-order chi connectivity index (χ0) is 9.64. The van der Waals surface area contributed by atoms with Crippen molar-refractivity contribution in [3.63, 3.8) is 0 Å². The number of fused-ring (bicyclic) bond motifs is 1. The number of hydrogen-bond acceptors (Lipinski definition) is 5. The van der Waals surface area contributed by atoms with Crippen LogP contribution < -0.4 is 0 Å². The molecule has 2 saturated heterocycles. The van der Waals surface area contributed by atoms with E-state index in [0.29, 0.717) is 13.0 Å². The molecule has 4 N–H and O–H groups in total. The third-order valence-electron chi connectivity index (χ3n) is 3.39. The molecule has 13 heavy (non-hydrogen) atoms. The van der Waals surface area contributed by atoms with Gasteiger partial charge in [-0.3, -0.25) is 4.90 Å². The second kappa shape index (κ2) is 2.90. The van der Waals surface area contributed by atoms with Gasteiger partial charge in [-0.25, -0.2) is 0 Å². The van der Waals surface area contributed by atoms with Gasteiger partial charge in [0.15, 0.2) is 0 Å². The predicted octanol–water partition coefficient (Wildman–Crippen LogP) is -2.48. The first-order chi connectivity index (χ1) is 6.12. The maximum absolute atomic E-state index is 9.68. The fraction of sp³-hybridized carbons (Fsp3) is 1.00. The maximum Gasteiger partial charge on any atom is 0.109 e. The Balaban J connectivity index is 2.19. The van der Waals surface area contributed by atoms with Gasteiger partial charge in [-0.15, -0.1) is 0 Å². The summed E-state index contributed by atoms with van der Waals surface area (Å²) in [6, 6.07) is 0. The van der Waals surface area contributed by atoms with Gasteiger partial charge >= 0.3 is 0 Å². The number of rotatable bonds is 1. The second-order valence-electron chi connectivity index (χ2n) is 3.96. The van der Waals surface area contributed by atoms with Gasteiger partial charge in [0.1, 0.15) is 12.2 Å². The lowest BCUT2D eigenvalue weighted by Gasteiger charge is -2.59. The van der Waals surface area contributed by atoms with Crippen LogP contribution in [-0.4, -0.2) is 68.9 Å². The predicted molar refractivity (Wildman–Crippen MR) is 44.0 cm³/mol. The minimum absolute atomic E-state index is 0.169. The van der Waals surface area contributed by atoms with Gasteiger partial charge < -0.3 is 20.4 Å². The molecule has 0 unspecified atom stereocenters. The molecule has 2 rings (SSSR count). The van der Waals surface area contributed by atoms with E-state index in [9.17, 15) is 15.3 Å². The van der Waals surface area contributed by atoms with Crippen molar-refractivity contribution in [2.45, 2.75) is 30.3 Å². The fourth-order valence-corrected chi connectivity index (χ4v) is 2.30. The molecule has 0 amide bonds. The Kier molecular flexibility index (Phi) is 2.08. The molecule has 2 aliphatic heterocycles. The smallest absolute Gasteiger partial charge is 0.109 e. The Morgan fingerprint density at radius 1 is 1.31 bits per heavy atom. The molecule has 0 aromatic rings. The van der Waals surface area contributed by atoms with Crippen LogP contribution >= 0.6 is 0 Å². The van der Waals surface area contributed by atoms with Crippen LogP contribution in [0.4, 0.5) is 0 Å². The van der Waals surface area contributed by atoms with E-state index in [1.165, 1.54) is 0 Å². The molecule has 2 fully saturated rings. The number of aliphatic hydroxyl groups is 4. The first kappa shape index (κ1) is 9.36. The quantitative estimate of drug-likeness (QED) is 0.367. The van der Waals surface area contributed by atoms with E-state index >= 15 is 0 Å². The van der Waals surface area contributed by atoms with Gasteiger partial charge in [0.25, 0.3) is 0 Å². The summed E-state index contributed by atoms with van der Waals surface area (Å²) in [5.74, 6) is 0. The van der Waals surface area contributed by atoms with Gasteiger partial charge in [0.2, 0.25) is 0 Å². The van der Waals surface area contributed by atoms with E-state index in [-0.39, 0.29) is 6.61 Å². The Morgan fingerprint density at radius 3 is 2.46 bits per heavy atom. The van der Waals surface area contributed by atoms with Crippen molar-refractivity contribution in [2.24, 2.45) is 0 Å². The zero-order valence-electron chi connectivity index (χ0n) is 7.30. The van der Waals surface area contributed by atoms with E-state index in [0.717, 1.165) is 6.54 Å². The third kappa shape index (κ3) is 1.05. The molecule has 76 valence electrons. The van der Waals surface area contributed by atoms with E-state index < -0.39 is 23.9 Å². The summed E-state index contributed by atoms with van der Waals surface area (Å²) in [5.41, 5.74) is -0.696. The van der Waals surface area contributed by atoms with Gasteiger partial charge in [-0.05, 0) is 6.42 Å². The number of aliphatic hydroxyl groups excluding tert-OH is 4. The highest BCUT2D eigenvalue weighted by molar-refractivity contribution is 5.11. The molecule has 5 heteroatoms. The summed E-state index contributed by atoms with van der Waals surface area (Å²) in [6.07, 6.45) is -2.41. The van der Waals surface area contributed by atoms with Crippen LogP contribution in [0, 0.1) is 0 Å². The molecule has 0 bridgehead atoms. The SMILES string of the molecule is OC[C@@]12CCN1C[C@H](O)[C@@H](O)[C@@H]2O. The Labute approximate surface area is 76.2 Å². The molecular weight excluding hydrogens is 174 g/mol. The van der Waals surface area contributed by atoms with Crippen molar-refractivity contribution < 1.29 is 20.4 Å². The molecule has 0 aliphatic carbocycles. The summed E-state index contributed by atoms with van der Waals surface area (Å²) >= 11 is 0. The second-order valence-corrected chi connectivity index (χ2v) is 3.96. The van der Waals surface area contributed by atoms with Gasteiger partial charge in [0, 0.05) is 13.1 Å². The normalized spacial score (nSPS) is 51.2. The molecule has 0 aromatic heterocycles. The highest BCUT2D eigenvalue weighted by atomic mass is 16.4. The van der Waals surface area contributed by atoms with E-state index in [4.69, 9.17) is 5.11 Å². The topological polar surface area (TPSA) is 84.2 Å². The molecule has 4 atom stereocenters. The first-order valence-electron chi connectivity index (χ1n) is 4.52. The Hall–Kier alpha value is -0.200. The monoisotopic (exact) mass is 189 g/mol. The summed E-state index contributed by atoms with van der Waals surface area (Å²) in [4.78, 5) is 1.83. The average Bonchev–Trinajstić information content (AvgIpc) is 2.10. The maximum atomic E-state index is 9.68. The largest absolute Gasteiger partial charge is 0.394 e. The molecule has 0 spiro atoms. The molecule has 5 nitrogen and oxygen atoms in total. The van der Waals surface area contributed by atoms with Crippen LogP contribution in [0.3, 0.4) is 0 Å². The van der Waals surface area contributed by atoms with E-state index in [1.54, 1.807) is 0 Å². The molecule has 0 saturated carbocycles. The number of piperidine rings is 1. The lowest BCUT2D eigenvalue weighted by molar-refractivity contribution is -0.224. The minimum Gasteiger partial charge on any atom is -0.394 e. The first-order valence-corrected chi connectivity index (χ1v) is 4.52. The van der Waals surface area contributed by atoms with E-state index in [1.807, 2.05) is 4.90 Å². The van der Waals surface area contributed by atoms with Crippen molar-refractivity contribution >= 4 is 0 Å². The lowest BCUT2D eigenvalue weighted by atomic mass is 9.73. The standard InChI is InChI=1S/C8H15NO4/c10-4-8-1-2-9(8)3-5(11)6(12)7(8)13/h5-7,10-13H,1-4H2/t5-,6+,7-,8+/m0/s1. The van der Waals surface area contributed by atoms with Crippen LogP contribution in [0.15, 0.2) is 0 Å². The van der Waals surface area contributed by atoms with E-state index in [2.05, 4.69) is 0 Å². The van der Waals surface area contributed by atoms with Gasteiger partial charge in [0.05, 0.1) is 18.2 Å². The molecular formula is C8H15NO4. The molecule has 0 aromatic carbocycles. The van der Waals surface area contributed by atoms with Crippen molar-refractivity contribution in [2.75, 3.05) is 19.7 Å². The number of nitrogens with zero attached hydrogens (tertiary/aromatic N) is 1. The van der Waals surface area contributed by atoms with Crippen LogP contribution in [0.5, 0.6) is 0 Å². The number of hydrogen-bond donors (Lipinski definition) is 4. The molecule has 0 radical (unpaired) electrons. The summed E-state index contributed by atoms with van der Waals surface area (Å²) in [5, 5.41) is 37.6. The number of β-amino-alcohol motifs (C(OH)–C–C–N with tert-alkyl or cyclic N) is 1. The summed E-state index contributed by atoms with van der Waals surface area (Å²) < 4.78 is 0. The van der Waals surface area contributed by atoms with Crippen LogP contribution in [-0.2, 0) is 0 Å². The Morgan fingerprint density at radius 2 is 2.00 bits per heavy atom. The zero-order valence-corrected chi connectivity index (χ0v) is 7.30. The molecule has 2 heterocycles. The van der Waals surface area contributed by atoms with Crippen LogP contribution in [0.2, 0.25) is 0 Å². The third-order valence-corrected chi connectivity index (χ3v) is 3.39. The summed E-state index contributed by atoms with van der Waals surface area (Å²) in [6.45, 7) is 0.929.